The van der Waals surface area contributed by atoms with Gasteiger partial charge in [0.2, 0.25) is 20.9 Å². The minimum atomic E-state index is -4.94. The monoisotopic (exact) mass is 348 g/mol. The lowest BCUT2D eigenvalue weighted by atomic mass is 9.91. The molecule has 2 aromatic carbocycles. The maximum Gasteiger partial charge on any atom is 0.242 e. The molecule has 0 radical (unpaired) electrons. The number of halogens is 1. The summed E-state index contributed by atoms with van der Waals surface area (Å²) in [5.74, 6) is 0. The van der Waals surface area contributed by atoms with Crippen LogP contribution in [0.3, 0.4) is 0 Å². The van der Waals surface area contributed by atoms with Crippen molar-refractivity contribution in [1.82, 2.24) is 0 Å². The zero-order chi connectivity index (χ0) is 16.4. The molecule has 4 nitrogen and oxygen atoms in total. The lowest BCUT2D eigenvalue weighted by molar-refractivity contribution is -2.00. The van der Waals surface area contributed by atoms with Gasteiger partial charge in [-0.3, -0.25) is 0 Å². The van der Waals surface area contributed by atoms with Gasteiger partial charge in [0.15, 0.2) is 0 Å². The summed E-state index contributed by atoms with van der Waals surface area (Å²) >= 11 is 1.93. The van der Waals surface area contributed by atoms with Gasteiger partial charge in [0.05, 0.1) is 0 Å². The van der Waals surface area contributed by atoms with Crippen LogP contribution in [0, 0.1) is 10.2 Å². The van der Waals surface area contributed by atoms with E-state index in [2.05, 4.69) is 54.6 Å². The molecule has 0 N–H and O–H groups in total. The second-order valence-corrected chi connectivity index (χ2v) is 6.98. The molecular formula is C17H13ClO4S. The maximum atomic E-state index is 8.49. The van der Waals surface area contributed by atoms with Gasteiger partial charge in [-0.25, -0.2) is 18.6 Å². The molecule has 1 aliphatic rings. The van der Waals surface area contributed by atoms with E-state index in [0.29, 0.717) is 0 Å². The summed E-state index contributed by atoms with van der Waals surface area (Å²) in [6.45, 7) is 0. The molecule has 4 rings (SSSR count). The number of aryl methyl sites for hydroxylation is 2. The molecule has 0 saturated heterocycles. The Hall–Kier alpha value is -1.60. The van der Waals surface area contributed by atoms with Crippen LogP contribution in [0.5, 0.6) is 0 Å². The second kappa shape index (κ2) is 6.49. The van der Waals surface area contributed by atoms with E-state index < -0.39 is 10.2 Å². The van der Waals surface area contributed by atoms with E-state index in [4.69, 9.17) is 18.6 Å². The van der Waals surface area contributed by atoms with Crippen LogP contribution >= 0.6 is 11.3 Å². The Morgan fingerprint density at radius 3 is 2.17 bits per heavy atom. The van der Waals surface area contributed by atoms with Crippen molar-refractivity contribution < 1.29 is 28.9 Å². The SMILES string of the molecule is [O-][Cl+3]([O-])([O-])[O-].c1ccc2c(c1)CCc1cc3ccccc3[s+]c1-2. The Balaban J connectivity index is 0.000000276. The number of fused-ring (bicyclic) bond motifs is 4. The molecular weight excluding hydrogens is 336 g/mol. The molecule has 0 atom stereocenters. The third kappa shape index (κ3) is 4.03. The van der Waals surface area contributed by atoms with Crippen LogP contribution in [0.25, 0.3) is 20.5 Å². The first-order valence-electron chi connectivity index (χ1n) is 6.96. The fourth-order valence-electron chi connectivity index (χ4n) is 2.76. The molecule has 0 amide bonds. The molecule has 0 aliphatic heterocycles. The third-order valence-corrected chi connectivity index (χ3v) is 4.96. The van der Waals surface area contributed by atoms with Crippen LogP contribution in [-0.4, -0.2) is 0 Å². The highest BCUT2D eigenvalue weighted by Gasteiger charge is 2.25. The summed E-state index contributed by atoms with van der Waals surface area (Å²) in [7, 11) is -4.94. The van der Waals surface area contributed by atoms with Crippen LogP contribution in [0.1, 0.15) is 11.1 Å². The van der Waals surface area contributed by atoms with Crippen molar-refractivity contribution in [2.45, 2.75) is 12.8 Å². The van der Waals surface area contributed by atoms with E-state index in [0.717, 1.165) is 0 Å². The van der Waals surface area contributed by atoms with Crippen LogP contribution in [-0.2, 0) is 12.8 Å². The third-order valence-electron chi connectivity index (χ3n) is 3.68. The van der Waals surface area contributed by atoms with Crippen molar-refractivity contribution in [1.29, 1.82) is 0 Å². The predicted molar refractivity (Wildman–Crippen MR) is 79.1 cm³/mol. The van der Waals surface area contributed by atoms with E-state index in [1.807, 2.05) is 11.3 Å². The molecule has 0 fully saturated rings. The normalized spacial score (nSPS) is 12.9. The van der Waals surface area contributed by atoms with E-state index in [1.54, 1.807) is 0 Å². The van der Waals surface area contributed by atoms with E-state index in [9.17, 15) is 0 Å². The molecule has 118 valence electrons. The highest BCUT2D eigenvalue weighted by molar-refractivity contribution is 7.21. The standard InChI is InChI=1S/C17H13S.ClHO4/c1-3-7-15-12(5-1)9-10-14-11-13-6-2-4-8-16(13)18-17(14)15;2-1(3,4)5/h1-8,11H,9-10H2;(H,2,3,4,5)/q+1;/p-1. The maximum absolute atomic E-state index is 8.49. The minimum absolute atomic E-state index is 1.17. The first kappa shape index (κ1) is 16.3. The topological polar surface area (TPSA) is 92.2 Å². The molecule has 0 spiro atoms. The highest BCUT2D eigenvalue weighted by Crippen LogP contribution is 2.39. The van der Waals surface area contributed by atoms with Gasteiger partial charge in [-0.2, -0.15) is 0 Å². The molecule has 0 bridgehead atoms. The lowest BCUT2D eigenvalue weighted by Gasteiger charge is -2.17. The van der Waals surface area contributed by atoms with Gasteiger partial charge in [-0.1, -0.05) is 30.3 Å². The molecule has 3 aromatic rings. The van der Waals surface area contributed by atoms with Crippen LogP contribution in [0.15, 0.2) is 54.6 Å². The van der Waals surface area contributed by atoms with Gasteiger partial charge >= 0.3 is 0 Å². The molecule has 1 heterocycles. The second-order valence-electron chi connectivity index (χ2n) is 5.17. The molecule has 23 heavy (non-hydrogen) atoms. The van der Waals surface area contributed by atoms with Crippen LogP contribution in [0.2, 0.25) is 0 Å². The number of hydrogen-bond acceptors (Lipinski definition) is 4. The van der Waals surface area contributed by atoms with E-state index >= 15 is 0 Å². The van der Waals surface area contributed by atoms with Crippen molar-refractivity contribution in [2.24, 2.45) is 0 Å². The summed E-state index contributed by atoms with van der Waals surface area (Å²) in [4.78, 5) is 1.47. The smallest absolute Gasteiger partial charge is 0.222 e. The summed E-state index contributed by atoms with van der Waals surface area (Å²) in [6, 6.07) is 19.9. The van der Waals surface area contributed by atoms with Crippen molar-refractivity contribution in [3.05, 3.63) is 65.7 Å². The van der Waals surface area contributed by atoms with Gasteiger partial charge in [0.1, 0.15) is 0 Å². The van der Waals surface area contributed by atoms with Crippen molar-refractivity contribution in [3.63, 3.8) is 0 Å². The van der Waals surface area contributed by atoms with Gasteiger partial charge in [0.25, 0.3) is 0 Å². The molecule has 1 aromatic heterocycles. The van der Waals surface area contributed by atoms with Crippen LogP contribution < -0.4 is 18.6 Å². The molecule has 0 unspecified atom stereocenters. The zero-order valence-corrected chi connectivity index (χ0v) is 13.6. The van der Waals surface area contributed by atoms with Gasteiger partial charge in [0, 0.05) is 22.6 Å². The Morgan fingerprint density at radius 2 is 1.39 bits per heavy atom. The van der Waals surface area contributed by atoms with E-state index in [-0.39, 0.29) is 0 Å². The highest BCUT2D eigenvalue weighted by atomic mass is 35.7. The lowest BCUT2D eigenvalue weighted by Crippen LogP contribution is -2.68. The average Bonchev–Trinajstić information content (AvgIpc) is 2.51. The average molecular weight is 349 g/mol. The Morgan fingerprint density at radius 1 is 0.783 bits per heavy atom. The van der Waals surface area contributed by atoms with Crippen molar-refractivity contribution in [3.8, 4) is 10.4 Å². The fourth-order valence-corrected chi connectivity index (χ4v) is 3.98. The van der Waals surface area contributed by atoms with Gasteiger partial charge in [-0.05, 0) is 36.6 Å². The molecule has 6 heteroatoms. The zero-order valence-electron chi connectivity index (χ0n) is 12.0. The largest absolute Gasteiger partial charge is 0.242 e. The number of benzene rings is 2. The summed E-state index contributed by atoms with van der Waals surface area (Å²) < 4.78 is 35.4. The number of rotatable bonds is 0. The Kier molecular flexibility index (Phi) is 4.59. The van der Waals surface area contributed by atoms with Crippen molar-refractivity contribution in [2.75, 3.05) is 0 Å². The quantitative estimate of drug-likeness (QED) is 0.542. The predicted octanol–water partition coefficient (Wildman–Crippen LogP) is 0.192. The van der Waals surface area contributed by atoms with Gasteiger partial charge in [-0.15, -0.1) is 10.2 Å². The minimum Gasteiger partial charge on any atom is -0.222 e. The van der Waals surface area contributed by atoms with Crippen molar-refractivity contribution >= 4 is 21.4 Å². The fraction of sp³-hybridized carbons (Fsp3) is 0.118. The first-order chi connectivity index (χ1) is 10.9. The Bertz CT molecular complexity index is 839. The summed E-state index contributed by atoms with van der Waals surface area (Å²) in [5.41, 5.74) is 4.45. The van der Waals surface area contributed by atoms with Crippen LogP contribution in [0.4, 0.5) is 0 Å². The molecule has 0 saturated carbocycles. The summed E-state index contributed by atoms with van der Waals surface area (Å²) in [5, 5.41) is 1.38. The number of hydrogen-bond donors (Lipinski definition) is 0. The Labute approximate surface area is 139 Å². The molecule has 1 aliphatic carbocycles. The summed E-state index contributed by atoms with van der Waals surface area (Å²) in [6.07, 6.45) is 2.35. The van der Waals surface area contributed by atoms with Gasteiger partial charge < -0.3 is 0 Å². The van der Waals surface area contributed by atoms with E-state index in [1.165, 1.54) is 44.5 Å². The first-order valence-corrected chi connectivity index (χ1v) is 9.02.